The van der Waals surface area contributed by atoms with E-state index < -0.39 is 68.2 Å². The summed E-state index contributed by atoms with van der Waals surface area (Å²) in [5.74, 6) is -1.60. The molecule has 21 heteroatoms. The van der Waals surface area contributed by atoms with Crippen LogP contribution in [0.3, 0.4) is 0 Å². The Kier molecular flexibility index (Phi) is 9.02. The van der Waals surface area contributed by atoms with Crippen LogP contribution < -0.4 is 10.6 Å². The lowest BCUT2D eigenvalue weighted by molar-refractivity contribution is 0.430. The average Bonchev–Trinajstić information content (AvgIpc) is 3.03. The van der Waals surface area contributed by atoms with Crippen LogP contribution in [0.5, 0.6) is 11.8 Å². The Balaban J connectivity index is 1.47. The molecule has 0 atom stereocenters. The van der Waals surface area contributed by atoms with E-state index in [9.17, 15) is 49.1 Å². The van der Waals surface area contributed by atoms with Crippen molar-refractivity contribution >= 4 is 86.5 Å². The maximum atomic E-state index is 12.5. The number of azo groups is 1. The molecule has 0 saturated carbocycles. The van der Waals surface area contributed by atoms with E-state index in [1.807, 2.05) is 0 Å². The Morgan fingerprint density at radius 3 is 1.88 bits per heavy atom. The molecule has 18 nitrogen and oxygen atoms in total. The van der Waals surface area contributed by atoms with Gasteiger partial charge in [0.1, 0.15) is 26.1 Å². The molecule has 0 fully saturated rings. The quantitative estimate of drug-likeness (QED) is 0.0670. The number of rotatable bonds is 9. The molecule has 6 rings (SSSR count). The van der Waals surface area contributed by atoms with Crippen LogP contribution in [-0.4, -0.2) is 64.1 Å². The Hall–Kier alpha value is -5.84. The number of hydrogen-bond donors (Lipinski definition) is 7. The fourth-order valence-corrected chi connectivity index (χ4v) is 7.51. The van der Waals surface area contributed by atoms with Crippen molar-refractivity contribution in [3.63, 3.8) is 0 Å². The summed E-state index contributed by atoms with van der Waals surface area (Å²) >= 11 is 0. The first-order valence-electron chi connectivity index (χ1n) is 14.6. The van der Waals surface area contributed by atoms with Gasteiger partial charge in [0.05, 0.1) is 11.4 Å². The number of hydrogen-bond acceptors (Lipinski definition) is 15. The van der Waals surface area contributed by atoms with Crippen molar-refractivity contribution in [1.29, 1.82) is 0 Å². The summed E-state index contributed by atoms with van der Waals surface area (Å²) in [7, 11) is -14.7. The molecule has 0 spiro atoms. The van der Waals surface area contributed by atoms with E-state index in [2.05, 4.69) is 35.8 Å². The third-order valence-corrected chi connectivity index (χ3v) is 10.4. The molecule has 0 radical (unpaired) electrons. The molecule has 0 unspecified atom stereocenters. The summed E-state index contributed by atoms with van der Waals surface area (Å²) in [5, 5.41) is 35.2. The molecule has 268 valence electrons. The molecule has 7 N–H and O–H groups in total. The second-order valence-electron chi connectivity index (χ2n) is 11.2. The lowest BCUT2D eigenvalue weighted by Gasteiger charge is -2.15. The number of fused-ring (bicyclic) bond motifs is 2. The van der Waals surface area contributed by atoms with E-state index in [1.165, 1.54) is 54.6 Å². The predicted octanol–water partition coefficient (Wildman–Crippen LogP) is 5.85. The topological polar surface area (TPSA) is 291 Å². The summed E-state index contributed by atoms with van der Waals surface area (Å²) < 4.78 is 104. The van der Waals surface area contributed by atoms with Gasteiger partial charge in [-0.05, 0) is 66.1 Å². The van der Waals surface area contributed by atoms with E-state index >= 15 is 0 Å². The van der Waals surface area contributed by atoms with Gasteiger partial charge in [0.25, 0.3) is 30.4 Å². The highest BCUT2D eigenvalue weighted by Gasteiger charge is 2.25. The lowest BCUT2D eigenvalue weighted by Crippen LogP contribution is -2.08. The molecule has 1 aromatic heterocycles. The Morgan fingerprint density at radius 2 is 1.23 bits per heavy atom. The fourth-order valence-electron chi connectivity index (χ4n) is 5.30. The molecule has 0 aliphatic rings. The number of phenolic OH excluding ortho intramolecular Hbond substituents is 1. The van der Waals surface area contributed by atoms with Crippen molar-refractivity contribution in [2.75, 3.05) is 10.6 Å². The number of benzene rings is 5. The minimum atomic E-state index is -5.09. The zero-order valence-electron chi connectivity index (χ0n) is 26.6. The first-order valence-corrected chi connectivity index (χ1v) is 18.9. The molecule has 0 aliphatic heterocycles. The molecule has 5 aromatic carbocycles. The fraction of sp³-hybridized carbons (Fsp3) is 0.0645. The predicted molar refractivity (Wildman–Crippen MR) is 187 cm³/mol. The maximum Gasteiger partial charge on any atom is 0.320 e. The van der Waals surface area contributed by atoms with Gasteiger partial charge in [-0.15, -0.1) is 10.2 Å². The summed E-state index contributed by atoms with van der Waals surface area (Å²) in [6.45, 7) is 3.33. The Morgan fingerprint density at radius 1 is 0.615 bits per heavy atom. The van der Waals surface area contributed by atoms with Crippen LogP contribution in [-0.2, 0) is 30.4 Å². The molecule has 0 bridgehead atoms. The van der Waals surface area contributed by atoms with Crippen molar-refractivity contribution in [2.45, 2.75) is 28.5 Å². The number of nitrogens with one attached hydrogen (secondary N) is 2. The molecule has 52 heavy (non-hydrogen) atoms. The molecule has 1 heterocycles. The number of nitrogens with zero attached hydrogens (tertiary/aromatic N) is 5. The van der Waals surface area contributed by atoms with Crippen LogP contribution in [0.2, 0.25) is 0 Å². The monoisotopic (exact) mass is 767 g/mol. The molecule has 0 amide bonds. The average molecular weight is 768 g/mol. The van der Waals surface area contributed by atoms with Crippen molar-refractivity contribution in [2.24, 2.45) is 10.2 Å². The number of aromatic hydroxyl groups is 2. The van der Waals surface area contributed by atoms with E-state index in [0.717, 1.165) is 6.07 Å². The summed E-state index contributed by atoms with van der Waals surface area (Å²) in [5.41, 5.74) is -0.172. The van der Waals surface area contributed by atoms with Crippen LogP contribution in [0.1, 0.15) is 11.1 Å². The van der Waals surface area contributed by atoms with Crippen LogP contribution in [0, 0.1) is 13.8 Å². The highest BCUT2D eigenvalue weighted by Crippen LogP contribution is 2.45. The summed E-state index contributed by atoms with van der Waals surface area (Å²) in [6.07, 6.45) is 0. The van der Waals surface area contributed by atoms with E-state index in [0.29, 0.717) is 16.5 Å². The van der Waals surface area contributed by atoms with Gasteiger partial charge < -0.3 is 20.8 Å². The lowest BCUT2D eigenvalue weighted by atomic mass is 10.1. The van der Waals surface area contributed by atoms with Gasteiger partial charge in [-0.1, -0.05) is 42.5 Å². The number of aromatic nitrogens is 3. The van der Waals surface area contributed by atoms with E-state index in [-0.39, 0.29) is 39.4 Å². The minimum absolute atomic E-state index is 0.0148. The molecule has 0 saturated heterocycles. The van der Waals surface area contributed by atoms with Crippen molar-refractivity contribution in [3.8, 4) is 11.8 Å². The third-order valence-electron chi connectivity index (χ3n) is 7.72. The first-order chi connectivity index (χ1) is 24.3. The Labute approximate surface area is 294 Å². The van der Waals surface area contributed by atoms with Gasteiger partial charge in [0.15, 0.2) is 5.75 Å². The van der Waals surface area contributed by atoms with Crippen LogP contribution in [0.15, 0.2) is 97.7 Å². The SMILES string of the molecule is Cc1cc(Nc2nc(O)nc(Nc3cccc4cc(S(=O)(=O)O)c(N=Nc5ccc6ccccc6c5S(=O)(=O)O)c(O)c34)n2)c(S(=O)(=O)O)cc1C. The zero-order valence-corrected chi connectivity index (χ0v) is 29.0. The second kappa shape index (κ2) is 13.0. The Bertz CT molecular complexity index is 2830. The standard InChI is InChI=1S/C31H25N7O11S3/c1-15-12-22(23(13-16(15)2)50(41,42)43)33-30-34-29(35-31(40)36-30)32-20-9-5-7-18-14-24(51(44,45)46)26(27(39)25(18)20)38-37-21-11-10-17-6-3-4-8-19(17)28(21)52(47,48)49/h3-14,39H,1-2H3,(H,41,42,43)(H,44,45,46)(H,47,48,49)(H3,32,33,34,35,36,40). The van der Waals surface area contributed by atoms with Crippen LogP contribution in [0.4, 0.5) is 34.6 Å². The summed E-state index contributed by atoms with van der Waals surface area (Å²) in [4.78, 5) is 9.63. The highest BCUT2D eigenvalue weighted by molar-refractivity contribution is 7.86. The molecule has 0 aliphatic carbocycles. The maximum absolute atomic E-state index is 12.5. The molecular formula is C31H25N7O11S3. The van der Waals surface area contributed by atoms with Crippen LogP contribution in [0.25, 0.3) is 21.5 Å². The normalized spacial score (nSPS) is 12.5. The van der Waals surface area contributed by atoms with E-state index in [1.54, 1.807) is 26.0 Å². The van der Waals surface area contributed by atoms with Crippen molar-refractivity contribution < 1.29 is 49.1 Å². The smallest absolute Gasteiger partial charge is 0.320 e. The molecule has 6 aromatic rings. The number of anilines is 4. The first kappa shape index (κ1) is 36.0. The molecular weight excluding hydrogens is 743 g/mol. The summed E-state index contributed by atoms with van der Waals surface area (Å²) in [6, 6.07) is 15.8. The number of aryl methyl sites for hydroxylation is 2. The van der Waals surface area contributed by atoms with Gasteiger partial charge in [0, 0.05) is 10.8 Å². The van der Waals surface area contributed by atoms with E-state index in [4.69, 9.17) is 0 Å². The van der Waals surface area contributed by atoms with Gasteiger partial charge in [-0.3, -0.25) is 13.7 Å². The zero-order chi connectivity index (χ0) is 37.7. The largest absolute Gasteiger partial charge is 0.505 e. The van der Waals surface area contributed by atoms with Gasteiger partial charge in [0.2, 0.25) is 11.9 Å². The highest BCUT2D eigenvalue weighted by atomic mass is 32.2. The second-order valence-corrected chi connectivity index (χ2v) is 15.3. The third kappa shape index (κ3) is 7.16. The van der Waals surface area contributed by atoms with Crippen molar-refractivity contribution in [1.82, 2.24) is 15.0 Å². The number of phenols is 1. The van der Waals surface area contributed by atoms with Crippen LogP contribution >= 0.6 is 0 Å². The minimum Gasteiger partial charge on any atom is -0.505 e. The van der Waals surface area contributed by atoms with Gasteiger partial charge in [-0.2, -0.15) is 40.2 Å². The van der Waals surface area contributed by atoms with Gasteiger partial charge in [-0.25, -0.2) is 0 Å². The van der Waals surface area contributed by atoms with Crippen molar-refractivity contribution in [3.05, 3.63) is 83.9 Å². The van der Waals surface area contributed by atoms with Gasteiger partial charge >= 0.3 is 6.01 Å².